The Morgan fingerprint density at radius 3 is 2.75 bits per heavy atom. The van der Waals surface area contributed by atoms with Gasteiger partial charge in [0.15, 0.2) is 5.82 Å². The quantitative estimate of drug-likeness (QED) is 0.421. The van der Waals surface area contributed by atoms with E-state index in [1.807, 2.05) is 48.2 Å². The second-order valence-corrected chi connectivity index (χ2v) is 9.38. The van der Waals surface area contributed by atoms with E-state index < -0.39 is 0 Å². The predicted molar refractivity (Wildman–Crippen MR) is 127 cm³/mol. The van der Waals surface area contributed by atoms with Crippen molar-refractivity contribution in [1.82, 2.24) is 20.2 Å². The Balaban J connectivity index is 1.23. The van der Waals surface area contributed by atoms with Crippen molar-refractivity contribution < 1.29 is 9.53 Å². The first kappa shape index (κ1) is 20.7. The molecular formula is C23H21N5O2S2. The van der Waals surface area contributed by atoms with Crippen molar-refractivity contribution in [1.29, 1.82) is 0 Å². The molecule has 0 fully saturated rings. The summed E-state index contributed by atoms with van der Waals surface area (Å²) < 4.78 is 5.18. The van der Waals surface area contributed by atoms with Crippen molar-refractivity contribution >= 4 is 34.7 Å². The van der Waals surface area contributed by atoms with Crippen LogP contribution in [0.1, 0.15) is 10.6 Å². The molecule has 1 aliphatic heterocycles. The fourth-order valence-electron chi connectivity index (χ4n) is 3.71. The lowest BCUT2D eigenvalue weighted by molar-refractivity contribution is -0.116. The number of methoxy groups -OCH3 is 1. The Morgan fingerprint density at radius 1 is 1.19 bits per heavy atom. The summed E-state index contributed by atoms with van der Waals surface area (Å²) in [6.07, 6.45) is 0.852. The van der Waals surface area contributed by atoms with Gasteiger partial charge in [0.2, 0.25) is 11.1 Å². The number of anilines is 1. The van der Waals surface area contributed by atoms with Gasteiger partial charge in [-0.2, -0.15) is 0 Å². The van der Waals surface area contributed by atoms with Crippen LogP contribution in [0.3, 0.4) is 0 Å². The number of ether oxygens (including phenoxy) is 1. The Morgan fingerprint density at radius 2 is 2.00 bits per heavy atom. The van der Waals surface area contributed by atoms with Crippen LogP contribution in [0.5, 0.6) is 5.75 Å². The van der Waals surface area contributed by atoms with E-state index in [4.69, 9.17) is 4.74 Å². The van der Waals surface area contributed by atoms with E-state index in [0.29, 0.717) is 17.5 Å². The second-order valence-electron chi connectivity index (χ2n) is 7.37. The van der Waals surface area contributed by atoms with Gasteiger partial charge in [-0.1, -0.05) is 17.8 Å². The average molecular weight is 464 g/mol. The largest absolute Gasteiger partial charge is 0.497 e. The molecule has 0 radical (unpaired) electrons. The molecule has 3 heterocycles. The fraction of sp³-hybridized carbons (Fsp3) is 0.217. The molecule has 9 heteroatoms. The maximum absolute atomic E-state index is 12.9. The number of H-pyrrole nitrogens is 1. The number of carbonyl (C=O) groups excluding carboxylic acids is 1. The number of amides is 1. The van der Waals surface area contributed by atoms with Crippen LogP contribution in [0.25, 0.3) is 22.6 Å². The SMILES string of the molecule is COc1ccc(-c2nc(SCC(=O)N3CCc4cc(-c5csc(C)n5)ccc43)n[nH]2)cc1. The fourth-order valence-corrected chi connectivity index (χ4v) is 5.01. The maximum Gasteiger partial charge on any atom is 0.237 e. The van der Waals surface area contributed by atoms with Crippen LogP contribution >= 0.6 is 23.1 Å². The highest BCUT2D eigenvalue weighted by Gasteiger charge is 2.25. The molecule has 0 unspecified atom stereocenters. The lowest BCUT2D eigenvalue weighted by Gasteiger charge is -2.17. The molecule has 0 saturated carbocycles. The Hall–Kier alpha value is -3.17. The van der Waals surface area contributed by atoms with Gasteiger partial charge >= 0.3 is 0 Å². The summed E-state index contributed by atoms with van der Waals surface area (Å²) in [7, 11) is 1.63. The van der Waals surface area contributed by atoms with Gasteiger partial charge in [-0.05, 0) is 55.3 Å². The summed E-state index contributed by atoms with van der Waals surface area (Å²) in [4.78, 5) is 23.8. The van der Waals surface area contributed by atoms with Crippen LogP contribution in [0.15, 0.2) is 53.0 Å². The molecule has 1 aliphatic rings. The highest BCUT2D eigenvalue weighted by Crippen LogP contribution is 2.33. The highest BCUT2D eigenvalue weighted by molar-refractivity contribution is 7.99. The first-order valence-electron chi connectivity index (χ1n) is 10.2. The molecule has 1 amide bonds. The number of aromatic nitrogens is 4. The number of carbonyl (C=O) groups is 1. The number of nitrogens with zero attached hydrogens (tertiary/aromatic N) is 4. The minimum atomic E-state index is 0.0572. The van der Waals surface area contributed by atoms with Gasteiger partial charge in [-0.25, -0.2) is 9.97 Å². The third-order valence-corrected chi connectivity index (χ3v) is 6.95. The standard InChI is InChI=1S/C23H21N5O2S2/c1-14-24-19(12-31-14)16-5-8-20-17(11-16)9-10-28(20)21(29)13-32-23-25-22(26-27-23)15-3-6-18(30-2)7-4-15/h3-8,11-12H,9-10,13H2,1-2H3,(H,25,26,27). The summed E-state index contributed by atoms with van der Waals surface area (Å²) >= 11 is 2.98. The predicted octanol–water partition coefficient (Wildman–Crippen LogP) is 4.59. The first-order chi connectivity index (χ1) is 15.6. The molecule has 2 aromatic heterocycles. The van der Waals surface area contributed by atoms with Crippen molar-refractivity contribution in [3.05, 3.63) is 58.4 Å². The molecule has 0 aliphatic carbocycles. The van der Waals surface area contributed by atoms with Crippen LogP contribution in [-0.4, -0.2) is 45.5 Å². The molecular weight excluding hydrogens is 442 g/mol. The number of rotatable bonds is 6. The molecule has 2 aromatic carbocycles. The molecule has 5 rings (SSSR count). The lowest BCUT2D eigenvalue weighted by atomic mass is 10.1. The van der Waals surface area contributed by atoms with Crippen LogP contribution in [0.2, 0.25) is 0 Å². The Bertz CT molecular complexity index is 1270. The third-order valence-electron chi connectivity index (χ3n) is 5.34. The van der Waals surface area contributed by atoms with Crippen molar-refractivity contribution in [2.75, 3.05) is 24.3 Å². The summed E-state index contributed by atoms with van der Waals surface area (Å²) in [6, 6.07) is 13.8. The molecule has 7 nitrogen and oxygen atoms in total. The van der Waals surface area contributed by atoms with Gasteiger partial charge in [0, 0.05) is 28.7 Å². The topological polar surface area (TPSA) is 84.0 Å². The van der Waals surface area contributed by atoms with Gasteiger partial charge in [0.05, 0.1) is 23.6 Å². The summed E-state index contributed by atoms with van der Waals surface area (Å²) in [5, 5.41) is 10.9. The van der Waals surface area contributed by atoms with Crippen LogP contribution in [0.4, 0.5) is 5.69 Å². The lowest BCUT2D eigenvalue weighted by Crippen LogP contribution is -2.30. The summed E-state index contributed by atoms with van der Waals surface area (Å²) in [5.74, 6) is 1.79. The minimum absolute atomic E-state index is 0.0572. The van der Waals surface area contributed by atoms with E-state index in [0.717, 1.165) is 39.7 Å². The van der Waals surface area contributed by atoms with Crippen molar-refractivity contribution in [3.8, 4) is 28.4 Å². The van der Waals surface area contributed by atoms with Gasteiger partial charge in [-0.15, -0.1) is 16.4 Å². The molecule has 0 spiro atoms. The van der Waals surface area contributed by atoms with Gasteiger partial charge in [-0.3, -0.25) is 9.89 Å². The summed E-state index contributed by atoms with van der Waals surface area (Å²) in [6.45, 7) is 2.70. The number of thiazole rings is 1. The maximum atomic E-state index is 12.9. The van der Waals surface area contributed by atoms with E-state index >= 15 is 0 Å². The zero-order valence-corrected chi connectivity index (χ0v) is 19.3. The first-order valence-corrected chi connectivity index (χ1v) is 12.0. The number of fused-ring (bicyclic) bond motifs is 1. The van der Waals surface area contributed by atoms with Gasteiger partial charge in [0.25, 0.3) is 0 Å². The van der Waals surface area contributed by atoms with E-state index in [9.17, 15) is 4.79 Å². The molecule has 0 atom stereocenters. The number of aryl methyl sites for hydroxylation is 1. The van der Waals surface area contributed by atoms with E-state index in [1.54, 1.807) is 18.4 Å². The van der Waals surface area contributed by atoms with Crippen molar-refractivity contribution in [2.24, 2.45) is 0 Å². The monoisotopic (exact) mass is 463 g/mol. The number of benzene rings is 2. The number of nitrogens with one attached hydrogen (secondary N) is 1. The molecule has 1 N–H and O–H groups in total. The highest BCUT2D eigenvalue weighted by atomic mass is 32.2. The van der Waals surface area contributed by atoms with Gasteiger partial charge < -0.3 is 9.64 Å². The minimum Gasteiger partial charge on any atom is -0.497 e. The molecule has 4 aromatic rings. The van der Waals surface area contributed by atoms with E-state index in [1.165, 1.54) is 17.3 Å². The normalized spacial score (nSPS) is 12.8. The number of hydrogen-bond donors (Lipinski definition) is 1. The summed E-state index contributed by atoms with van der Waals surface area (Å²) in [5.41, 5.74) is 5.18. The van der Waals surface area contributed by atoms with Crippen LogP contribution in [-0.2, 0) is 11.2 Å². The average Bonchev–Trinajstić information content (AvgIpc) is 3.56. The van der Waals surface area contributed by atoms with E-state index in [2.05, 4.69) is 31.6 Å². The van der Waals surface area contributed by atoms with Crippen molar-refractivity contribution in [3.63, 3.8) is 0 Å². The second kappa shape index (κ2) is 8.76. The Labute approximate surface area is 193 Å². The van der Waals surface area contributed by atoms with Gasteiger partial charge in [0.1, 0.15) is 5.75 Å². The Kier molecular flexibility index (Phi) is 5.67. The third kappa shape index (κ3) is 4.13. The number of thioether (sulfide) groups is 1. The zero-order chi connectivity index (χ0) is 22.1. The van der Waals surface area contributed by atoms with E-state index in [-0.39, 0.29) is 11.7 Å². The molecule has 0 bridgehead atoms. The smallest absolute Gasteiger partial charge is 0.237 e. The molecule has 32 heavy (non-hydrogen) atoms. The zero-order valence-electron chi connectivity index (χ0n) is 17.7. The van der Waals surface area contributed by atoms with Crippen molar-refractivity contribution in [2.45, 2.75) is 18.5 Å². The number of hydrogen-bond acceptors (Lipinski definition) is 7. The molecule has 0 saturated heterocycles. The number of aromatic amines is 1. The van der Waals surface area contributed by atoms with Crippen LogP contribution < -0.4 is 9.64 Å². The molecule has 162 valence electrons. The van der Waals surface area contributed by atoms with Crippen LogP contribution in [0, 0.1) is 6.92 Å².